The summed E-state index contributed by atoms with van der Waals surface area (Å²) < 4.78 is 22.8. The van der Waals surface area contributed by atoms with E-state index in [1.807, 2.05) is 40.2 Å². The standard InChI is InChI=1S/C22H27N7O2S/c1-14-13-31-12-11-27(14)19-16-9-10-28(32(30)15-7-8-15)20(16)26-22(25-19)29-18-6-4-3-5-17(18)24-21(29)23-2/h3-6,14-15H,7-13H2,1-2H3,(H,23,24). The number of benzene rings is 1. The fourth-order valence-electron chi connectivity index (χ4n) is 4.60. The first kappa shape index (κ1) is 20.1. The molecule has 0 bridgehead atoms. The Morgan fingerprint density at radius 1 is 1.12 bits per heavy atom. The maximum absolute atomic E-state index is 13.2. The normalized spacial score (nSPS) is 21.8. The molecule has 2 aromatic heterocycles. The Bertz CT molecular complexity index is 1160. The van der Waals surface area contributed by atoms with Crippen LogP contribution in [0.15, 0.2) is 24.3 Å². The largest absolute Gasteiger partial charge is 0.593 e. The zero-order valence-electron chi connectivity index (χ0n) is 18.3. The van der Waals surface area contributed by atoms with Crippen molar-refractivity contribution in [3.63, 3.8) is 0 Å². The number of nitrogens with zero attached hydrogens (tertiary/aromatic N) is 6. The summed E-state index contributed by atoms with van der Waals surface area (Å²) in [5.41, 5.74) is 2.90. The molecule has 9 nitrogen and oxygen atoms in total. The molecule has 1 aliphatic carbocycles. The van der Waals surface area contributed by atoms with Gasteiger partial charge in [0.15, 0.2) is 5.82 Å². The Kier molecular flexibility index (Phi) is 4.89. The van der Waals surface area contributed by atoms with E-state index in [1.165, 1.54) is 0 Å². The van der Waals surface area contributed by atoms with Crippen molar-refractivity contribution in [2.45, 2.75) is 37.5 Å². The zero-order chi connectivity index (χ0) is 21.8. The predicted octanol–water partition coefficient (Wildman–Crippen LogP) is 2.27. The van der Waals surface area contributed by atoms with Gasteiger partial charge in [0.05, 0.1) is 48.2 Å². The lowest BCUT2D eigenvalue weighted by Gasteiger charge is -2.35. The van der Waals surface area contributed by atoms with E-state index in [4.69, 9.17) is 19.7 Å². The van der Waals surface area contributed by atoms with Gasteiger partial charge in [-0.15, -0.1) is 0 Å². The van der Waals surface area contributed by atoms with Crippen LogP contribution in [0.1, 0.15) is 25.3 Å². The van der Waals surface area contributed by atoms with Crippen LogP contribution in [0.3, 0.4) is 0 Å². The highest BCUT2D eigenvalue weighted by molar-refractivity contribution is 7.93. The maximum Gasteiger partial charge on any atom is 0.241 e. The smallest absolute Gasteiger partial charge is 0.241 e. The minimum Gasteiger partial charge on any atom is -0.593 e. The van der Waals surface area contributed by atoms with Gasteiger partial charge in [0.1, 0.15) is 11.1 Å². The first-order valence-corrected chi connectivity index (χ1v) is 12.4. The lowest BCUT2D eigenvalue weighted by Crippen LogP contribution is -2.44. The number of anilines is 3. The molecule has 3 aliphatic rings. The molecule has 168 valence electrons. The zero-order valence-corrected chi connectivity index (χ0v) is 19.1. The first-order valence-electron chi connectivity index (χ1n) is 11.2. The molecule has 0 spiro atoms. The van der Waals surface area contributed by atoms with Gasteiger partial charge in [0.2, 0.25) is 11.9 Å². The number of hydrogen-bond donors (Lipinski definition) is 1. The van der Waals surface area contributed by atoms with Crippen molar-refractivity contribution in [2.75, 3.05) is 47.9 Å². The molecule has 1 N–H and O–H groups in total. The molecule has 2 atom stereocenters. The summed E-state index contributed by atoms with van der Waals surface area (Å²) in [5.74, 6) is 2.96. The Morgan fingerprint density at radius 2 is 1.94 bits per heavy atom. The summed E-state index contributed by atoms with van der Waals surface area (Å²) in [6.07, 6.45) is 2.86. The molecule has 2 unspecified atom stereocenters. The van der Waals surface area contributed by atoms with Gasteiger partial charge < -0.3 is 19.5 Å². The molecule has 4 heterocycles. The highest BCUT2D eigenvalue weighted by Crippen LogP contribution is 2.41. The van der Waals surface area contributed by atoms with E-state index < -0.39 is 11.4 Å². The van der Waals surface area contributed by atoms with Crippen LogP contribution in [0.25, 0.3) is 17.0 Å². The Hall–Kier alpha value is -2.56. The van der Waals surface area contributed by atoms with Crippen molar-refractivity contribution < 1.29 is 9.29 Å². The number of ether oxygens (including phenoxy) is 1. The predicted molar refractivity (Wildman–Crippen MR) is 126 cm³/mol. The molecule has 32 heavy (non-hydrogen) atoms. The summed E-state index contributed by atoms with van der Waals surface area (Å²) in [6, 6.07) is 8.19. The summed E-state index contributed by atoms with van der Waals surface area (Å²) in [6.45, 7) is 4.99. The summed E-state index contributed by atoms with van der Waals surface area (Å²) in [5, 5.41) is 3.44. The number of aromatic nitrogens is 4. The average Bonchev–Trinajstić information content (AvgIpc) is 3.47. The number of nitrogens with one attached hydrogen (secondary N) is 1. The van der Waals surface area contributed by atoms with Crippen LogP contribution >= 0.6 is 0 Å². The van der Waals surface area contributed by atoms with E-state index in [2.05, 4.69) is 17.1 Å². The molecule has 1 saturated heterocycles. The second-order valence-electron chi connectivity index (χ2n) is 8.60. The second kappa shape index (κ2) is 7.79. The van der Waals surface area contributed by atoms with Gasteiger partial charge in [-0.3, -0.25) is 0 Å². The summed E-state index contributed by atoms with van der Waals surface area (Å²) in [4.78, 5) is 17.1. The molecular weight excluding hydrogens is 426 g/mol. The van der Waals surface area contributed by atoms with Crippen molar-refractivity contribution in [1.82, 2.24) is 19.5 Å². The first-order chi connectivity index (χ1) is 15.7. The minimum atomic E-state index is -1.05. The highest BCUT2D eigenvalue weighted by Gasteiger charge is 2.44. The third kappa shape index (κ3) is 3.20. The lowest BCUT2D eigenvalue weighted by atomic mass is 10.2. The molecule has 3 aromatic rings. The topological polar surface area (TPSA) is 94.4 Å². The Balaban J connectivity index is 1.55. The van der Waals surface area contributed by atoms with E-state index >= 15 is 0 Å². The number of imidazole rings is 1. The fourth-order valence-corrected chi connectivity index (χ4v) is 6.09. The van der Waals surface area contributed by atoms with E-state index in [9.17, 15) is 4.55 Å². The molecule has 0 amide bonds. The summed E-state index contributed by atoms with van der Waals surface area (Å²) >= 11 is -1.05. The van der Waals surface area contributed by atoms with Crippen LogP contribution in [-0.4, -0.2) is 68.7 Å². The van der Waals surface area contributed by atoms with Crippen LogP contribution in [0, 0.1) is 0 Å². The number of morpholine rings is 1. The van der Waals surface area contributed by atoms with E-state index in [0.29, 0.717) is 31.7 Å². The number of rotatable bonds is 5. The van der Waals surface area contributed by atoms with Crippen LogP contribution in [0.5, 0.6) is 0 Å². The molecule has 1 aromatic carbocycles. The van der Waals surface area contributed by atoms with Gasteiger partial charge in [-0.05, 0) is 19.1 Å². The third-order valence-electron chi connectivity index (χ3n) is 6.40. The lowest BCUT2D eigenvalue weighted by molar-refractivity contribution is 0.0984. The van der Waals surface area contributed by atoms with Crippen molar-refractivity contribution in [2.24, 2.45) is 0 Å². The van der Waals surface area contributed by atoms with Gasteiger partial charge in [-0.25, -0.2) is 9.55 Å². The average molecular weight is 454 g/mol. The van der Waals surface area contributed by atoms with Crippen molar-refractivity contribution >= 4 is 40.0 Å². The number of hydrogen-bond acceptors (Lipinski definition) is 8. The molecule has 0 radical (unpaired) electrons. The van der Waals surface area contributed by atoms with Crippen molar-refractivity contribution in [3.05, 3.63) is 29.8 Å². The Morgan fingerprint density at radius 3 is 2.72 bits per heavy atom. The van der Waals surface area contributed by atoms with Gasteiger partial charge >= 0.3 is 0 Å². The number of fused-ring (bicyclic) bond motifs is 2. The van der Waals surface area contributed by atoms with Crippen LogP contribution in [0.4, 0.5) is 17.6 Å². The quantitative estimate of drug-likeness (QED) is 0.588. The monoisotopic (exact) mass is 453 g/mol. The van der Waals surface area contributed by atoms with Crippen LogP contribution < -0.4 is 14.5 Å². The Labute approximate surface area is 190 Å². The fraction of sp³-hybridized carbons (Fsp3) is 0.500. The van der Waals surface area contributed by atoms with Gasteiger partial charge in [-0.1, -0.05) is 12.1 Å². The SMILES string of the molecule is CNc1nc2ccccc2n1-c1nc(N2CCOCC2C)c2c(n1)N([S+]([O-])C1CC1)CC2. The summed E-state index contributed by atoms with van der Waals surface area (Å²) in [7, 11) is 1.85. The molecule has 6 rings (SSSR count). The molecule has 2 aliphatic heterocycles. The molecular formula is C22H27N7O2S. The van der Waals surface area contributed by atoms with Gasteiger partial charge in [0, 0.05) is 38.4 Å². The van der Waals surface area contributed by atoms with Crippen LogP contribution in [-0.2, 0) is 22.5 Å². The molecule has 2 fully saturated rings. The van der Waals surface area contributed by atoms with E-state index in [0.717, 1.165) is 54.0 Å². The van der Waals surface area contributed by atoms with Gasteiger partial charge in [0.25, 0.3) is 0 Å². The third-order valence-corrected chi connectivity index (χ3v) is 8.24. The molecule has 10 heteroatoms. The second-order valence-corrected chi connectivity index (χ2v) is 10.3. The highest BCUT2D eigenvalue weighted by atomic mass is 32.2. The number of para-hydroxylation sites is 2. The van der Waals surface area contributed by atoms with Crippen LogP contribution in [0.2, 0.25) is 0 Å². The maximum atomic E-state index is 13.2. The minimum absolute atomic E-state index is 0.210. The van der Waals surface area contributed by atoms with Gasteiger partial charge in [-0.2, -0.15) is 14.3 Å². The van der Waals surface area contributed by atoms with Crippen molar-refractivity contribution in [1.29, 1.82) is 0 Å². The van der Waals surface area contributed by atoms with E-state index in [-0.39, 0.29) is 11.3 Å². The van der Waals surface area contributed by atoms with Crippen molar-refractivity contribution in [3.8, 4) is 5.95 Å². The molecule has 1 saturated carbocycles. The van der Waals surface area contributed by atoms with E-state index in [1.54, 1.807) is 0 Å².